The van der Waals surface area contributed by atoms with E-state index in [-0.39, 0.29) is 5.95 Å². The Morgan fingerprint density at radius 3 is 2.00 bits per heavy atom. The number of aromatic nitrogens is 2. The fourth-order valence-corrected chi connectivity index (χ4v) is 3.26. The second-order valence-corrected chi connectivity index (χ2v) is 6.82. The number of anilines is 2. The summed E-state index contributed by atoms with van der Waals surface area (Å²) in [6, 6.07) is 9.02. The average molecular weight is 445 g/mol. The van der Waals surface area contributed by atoms with Crippen LogP contribution in [-0.4, -0.2) is 38.4 Å². The van der Waals surface area contributed by atoms with Crippen LogP contribution in [0.1, 0.15) is 27.8 Å². The molecule has 0 bridgehead atoms. The Labute approximate surface area is 191 Å². The first kappa shape index (κ1) is 23.0. The highest BCUT2D eigenvalue weighted by molar-refractivity contribution is 5.63. The molecule has 0 saturated carbocycles. The molecule has 3 aromatic rings. The summed E-state index contributed by atoms with van der Waals surface area (Å²) in [5.74, 6) is 8.39. The third-order valence-corrected chi connectivity index (χ3v) is 4.79. The molecule has 9 nitrogen and oxygen atoms in total. The van der Waals surface area contributed by atoms with Crippen molar-refractivity contribution in [3.63, 3.8) is 0 Å². The summed E-state index contributed by atoms with van der Waals surface area (Å²) in [5.41, 5.74) is 14.6. The lowest BCUT2D eigenvalue weighted by Gasteiger charge is -2.13. The SMILES string of the molecule is COc1cc(C#N)cc(C#Cc2cc(Cc3cnc(N)nc3N)cc(OC)c2OC)c1OC. The lowest BCUT2D eigenvalue weighted by molar-refractivity contribution is 0.353. The predicted molar refractivity (Wildman–Crippen MR) is 123 cm³/mol. The molecule has 0 spiro atoms. The summed E-state index contributed by atoms with van der Waals surface area (Å²) in [6.45, 7) is 0. The lowest BCUT2D eigenvalue weighted by Crippen LogP contribution is -2.04. The van der Waals surface area contributed by atoms with Crippen LogP contribution in [0.2, 0.25) is 0 Å². The maximum atomic E-state index is 9.34. The number of nitrogen functional groups attached to an aromatic ring is 2. The summed E-state index contributed by atoms with van der Waals surface area (Å²) in [7, 11) is 6.09. The molecule has 9 heteroatoms. The summed E-state index contributed by atoms with van der Waals surface area (Å²) in [5, 5.41) is 9.34. The van der Waals surface area contributed by atoms with E-state index in [2.05, 4.69) is 27.9 Å². The smallest absolute Gasteiger partial charge is 0.221 e. The Bertz CT molecular complexity index is 1290. The monoisotopic (exact) mass is 445 g/mol. The molecular weight excluding hydrogens is 422 g/mol. The molecule has 0 aliphatic rings. The van der Waals surface area contributed by atoms with Gasteiger partial charge in [0.25, 0.3) is 0 Å². The Morgan fingerprint density at radius 1 is 0.848 bits per heavy atom. The number of nitrogens with two attached hydrogens (primary N) is 2. The van der Waals surface area contributed by atoms with E-state index < -0.39 is 0 Å². The van der Waals surface area contributed by atoms with Crippen molar-refractivity contribution in [1.29, 1.82) is 5.26 Å². The predicted octanol–water partition coefficient (Wildman–Crippen LogP) is 2.54. The minimum atomic E-state index is 0.110. The minimum absolute atomic E-state index is 0.110. The summed E-state index contributed by atoms with van der Waals surface area (Å²) >= 11 is 0. The molecular formula is C24H23N5O4. The van der Waals surface area contributed by atoms with Gasteiger partial charge in [0.2, 0.25) is 5.95 Å². The van der Waals surface area contributed by atoms with E-state index in [1.807, 2.05) is 12.1 Å². The van der Waals surface area contributed by atoms with Crippen molar-refractivity contribution >= 4 is 11.8 Å². The van der Waals surface area contributed by atoms with Crippen molar-refractivity contribution < 1.29 is 18.9 Å². The quantitative estimate of drug-likeness (QED) is 0.548. The molecule has 0 amide bonds. The van der Waals surface area contributed by atoms with Crippen molar-refractivity contribution in [3.05, 3.63) is 58.3 Å². The van der Waals surface area contributed by atoms with Gasteiger partial charge in [-0.25, -0.2) is 4.98 Å². The van der Waals surface area contributed by atoms with E-state index in [0.29, 0.717) is 57.5 Å². The van der Waals surface area contributed by atoms with Crippen molar-refractivity contribution in [2.24, 2.45) is 0 Å². The number of ether oxygens (including phenoxy) is 4. The largest absolute Gasteiger partial charge is 0.493 e. The van der Waals surface area contributed by atoms with Gasteiger partial charge < -0.3 is 30.4 Å². The first-order chi connectivity index (χ1) is 15.9. The molecule has 0 aliphatic heterocycles. The zero-order valence-electron chi connectivity index (χ0n) is 18.7. The van der Waals surface area contributed by atoms with Crippen LogP contribution in [0.25, 0.3) is 0 Å². The van der Waals surface area contributed by atoms with Gasteiger partial charge in [-0.05, 0) is 23.8 Å². The number of nitrogens with zero attached hydrogens (tertiary/aromatic N) is 3. The zero-order valence-corrected chi connectivity index (χ0v) is 18.7. The molecule has 1 heterocycles. The fraction of sp³-hybridized carbons (Fsp3) is 0.208. The van der Waals surface area contributed by atoms with Gasteiger partial charge in [0.05, 0.1) is 51.2 Å². The first-order valence-electron chi connectivity index (χ1n) is 9.73. The number of hydrogen-bond donors (Lipinski definition) is 2. The highest BCUT2D eigenvalue weighted by atomic mass is 16.5. The van der Waals surface area contributed by atoms with E-state index in [1.165, 1.54) is 21.3 Å². The van der Waals surface area contributed by atoms with E-state index in [0.717, 1.165) is 5.56 Å². The number of hydrogen-bond acceptors (Lipinski definition) is 9. The molecule has 3 rings (SSSR count). The van der Waals surface area contributed by atoms with Crippen LogP contribution in [0.3, 0.4) is 0 Å². The van der Waals surface area contributed by atoms with Gasteiger partial charge in [0, 0.05) is 24.2 Å². The molecule has 2 aromatic carbocycles. The Hall–Kier alpha value is -4.63. The van der Waals surface area contributed by atoms with Gasteiger partial charge in [-0.15, -0.1) is 0 Å². The fourth-order valence-electron chi connectivity index (χ4n) is 3.26. The molecule has 1 aromatic heterocycles. The van der Waals surface area contributed by atoms with Gasteiger partial charge in [-0.2, -0.15) is 10.2 Å². The van der Waals surface area contributed by atoms with Gasteiger partial charge in [0.15, 0.2) is 23.0 Å². The number of methoxy groups -OCH3 is 4. The second kappa shape index (κ2) is 10.1. The van der Waals surface area contributed by atoms with Crippen LogP contribution in [0.15, 0.2) is 30.5 Å². The molecule has 0 atom stereocenters. The Morgan fingerprint density at radius 2 is 1.45 bits per heavy atom. The molecule has 33 heavy (non-hydrogen) atoms. The van der Waals surface area contributed by atoms with E-state index in [4.69, 9.17) is 30.4 Å². The van der Waals surface area contributed by atoms with Crippen LogP contribution >= 0.6 is 0 Å². The van der Waals surface area contributed by atoms with Crippen LogP contribution in [0, 0.1) is 23.2 Å². The van der Waals surface area contributed by atoms with Crippen molar-refractivity contribution in [2.45, 2.75) is 6.42 Å². The normalized spacial score (nSPS) is 9.91. The van der Waals surface area contributed by atoms with Crippen LogP contribution in [0.5, 0.6) is 23.0 Å². The van der Waals surface area contributed by atoms with Crippen molar-refractivity contribution in [2.75, 3.05) is 39.9 Å². The highest BCUT2D eigenvalue weighted by Gasteiger charge is 2.15. The van der Waals surface area contributed by atoms with Crippen LogP contribution in [-0.2, 0) is 6.42 Å². The molecule has 0 unspecified atom stereocenters. The standard InChI is InChI=1S/C24H23N5O4/c1-30-19-10-14(8-18-13-28-24(27)29-23(18)26)7-16(21(19)32-3)5-6-17-9-15(12-25)11-20(31-2)22(17)33-4/h7,9-11,13H,8H2,1-4H3,(H4,26,27,28,29). The van der Waals surface area contributed by atoms with E-state index >= 15 is 0 Å². The molecule has 0 saturated heterocycles. The lowest BCUT2D eigenvalue weighted by atomic mass is 10.0. The minimum Gasteiger partial charge on any atom is -0.493 e. The number of benzene rings is 2. The Balaban J connectivity index is 2.12. The molecule has 0 aliphatic carbocycles. The topological polar surface area (TPSA) is 139 Å². The summed E-state index contributed by atoms with van der Waals surface area (Å²) in [6.07, 6.45) is 2.02. The second-order valence-electron chi connectivity index (χ2n) is 6.82. The van der Waals surface area contributed by atoms with E-state index in [9.17, 15) is 5.26 Å². The first-order valence-corrected chi connectivity index (χ1v) is 9.73. The Kier molecular flexibility index (Phi) is 7.07. The number of nitriles is 1. The van der Waals surface area contributed by atoms with Crippen molar-refractivity contribution in [1.82, 2.24) is 9.97 Å². The third kappa shape index (κ3) is 5.00. The van der Waals surface area contributed by atoms with E-state index in [1.54, 1.807) is 25.4 Å². The maximum absolute atomic E-state index is 9.34. The summed E-state index contributed by atoms with van der Waals surface area (Å²) < 4.78 is 21.8. The van der Waals surface area contributed by atoms with Crippen LogP contribution < -0.4 is 30.4 Å². The van der Waals surface area contributed by atoms with Gasteiger partial charge in [-0.3, -0.25) is 0 Å². The van der Waals surface area contributed by atoms with Crippen molar-refractivity contribution in [3.8, 4) is 40.9 Å². The maximum Gasteiger partial charge on any atom is 0.221 e. The molecule has 4 N–H and O–H groups in total. The highest BCUT2D eigenvalue weighted by Crippen LogP contribution is 2.35. The summed E-state index contributed by atoms with van der Waals surface area (Å²) in [4.78, 5) is 8.02. The molecule has 0 fully saturated rings. The molecule has 0 radical (unpaired) electrons. The van der Waals surface area contributed by atoms with Gasteiger partial charge in [-0.1, -0.05) is 11.8 Å². The molecule has 168 valence electrons. The van der Waals surface area contributed by atoms with Gasteiger partial charge >= 0.3 is 0 Å². The van der Waals surface area contributed by atoms with Gasteiger partial charge in [0.1, 0.15) is 5.82 Å². The third-order valence-electron chi connectivity index (χ3n) is 4.79. The van der Waals surface area contributed by atoms with Crippen LogP contribution in [0.4, 0.5) is 11.8 Å². The average Bonchev–Trinajstić information content (AvgIpc) is 2.83. The zero-order chi connectivity index (χ0) is 24.0. The number of rotatable bonds is 6.